The average Bonchev–Trinajstić information content (AvgIpc) is 3.34. The van der Waals surface area contributed by atoms with E-state index in [4.69, 9.17) is 4.42 Å². The lowest BCUT2D eigenvalue weighted by Crippen LogP contribution is -2.43. The molecule has 0 bridgehead atoms. The summed E-state index contributed by atoms with van der Waals surface area (Å²) in [7, 11) is 1.77. The van der Waals surface area contributed by atoms with E-state index in [2.05, 4.69) is 58.7 Å². The number of guanidine groups is 1. The lowest BCUT2D eigenvalue weighted by molar-refractivity contribution is 0.508. The fourth-order valence-corrected chi connectivity index (χ4v) is 3.25. The summed E-state index contributed by atoms with van der Waals surface area (Å²) in [5.74, 6) is 1.40. The van der Waals surface area contributed by atoms with Gasteiger partial charge in [-0.1, -0.05) is 50.2 Å². The summed E-state index contributed by atoms with van der Waals surface area (Å²) in [5.41, 5.74) is 2.14. The van der Waals surface area contributed by atoms with Gasteiger partial charge in [-0.05, 0) is 17.0 Å². The second-order valence-corrected chi connectivity index (χ2v) is 7.60. The van der Waals surface area contributed by atoms with Gasteiger partial charge in [-0.2, -0.15) is 0 Å². The zero-order valence-corrected chi connectivity index (χ0v) is 18.9. The molecule has 0 spiro atoms. The number of hydrogen-bond donors (Lipinski definition) is 2. The molecule has 7 heteroatoms. The minimum Gasteiger partial charge on any atom is -0.443 e. The second kappa shape index (κ2) is 9.89. The van der Waals surface area contributed by atoms with E-state index in [0.29, 0.717) is 12.4 Å². The summed E-state index contributed by atoms with van der Waals surface area (Å²) < 4.78 is 5.55. The van der Waals surface area contributed by atoms with Crippen LogP contribution in [0.2, 0.25) is 0 Å². The van der Waals surface area contributed by atoms with E-state index < -0.39 is 0 Å². The van der Waals surface area contributed by atoms with Gasteiger partial charge in [0.25, 0.3) is 0 Å². The van der Waals surface area contributed by atoms with Gasteiger partial charge in [0.2, 0.25) is 5.89 Å². The quantitative estimate of drug-likeness (QED) is 0.296. The summed E-state index contributed by atoms with van der Waals surface area (Å²) in [6.07, 6.45) is 1.68. The lowest BCUT2D eigenvalue weighted by atomic mass is 9.85. The molecule has 2 N–H and O–H groups in total. The SMILES string of the molecule is CN=C(NCc1coc(-c2cccs2)n1)NCC(C)(C)c1ccccc1.I. The van der Waals surface area contributed by atoms with E-state index in [1.54, 1.807) is 24.6 Å². The molecule has 0 amide bonds. The Bertz CT molecular complexity index is 844. The molecule has 144 valence electrons. The van der Waals surface area contributed by atoms with Crippen molar-refractivity contribution >= 4 is 41.3 Å². The molecule has 0 fully saturated rings. The molecule has 3 rings (SSSR count). The van der Waals surface area contributed by atoms with Gasteiger partial charge in [-0.25, -0.2) is 4.98 Å². The molecule has 0 aliphatic heterocycles. The first kappa shape index (κ1) is 21.4. The van der Waals surface area contributed by atoms with E-state index in [-0.39, 0.29) is 29.4 Å². The fraction of sp³-hybridized carbons (Fsp3) is 0.300. The van der Waals surface area contributed by atoms with E-state index in [0.717, 1.165) is 23.1 Å². The van der Waals surface area contributed by atoms with Gasteiger partial charge < -0.3 is 15.1 Å². The number of nitrogens with one attached hydrogen (secondary N) is 2. The molecule has 0 saturated heterocycles. The minimum atomic E-state index is -0.000882. The molecule has 0 atom stereocenters. The second-order valence-electron chi connectivity index (χ2n) is 6.65. The molecule has 27 heavy (non-hydrogen) atoms. The van der Waals surface area contributed by atoms with Gasteiger partial charge >= 0.3 is 0 Å². The summed E-state index contributed by atoms with van der Waals surface area (Å²) >= 11 is 1.61. The zero-order chi connectivity index (χ0) is 18.4. The van der Waals surface area contributed by atoms with Gasteiger partial charge in [0, 0.05) is 19.0 Å². The normalized spacial score (nSPS) is 11.7. The Morgan fingerprint density at radius 2 is 1.93 bits per heavy atom. The van der Waals surface area contributed by atoms with Crippen LogP contribution in [0.25, 0.3) is 10.8 Å². The number of halogens is 1. The third kappa shape index (κ3) is 5.80. The maximum atomic E-state index is 5.55. The van der Waals surface area contributed by atoms with Gasteiger partial charge in [0.15, 0.2) is 5.96 Å². The van der Waals surface area contributed by atoms with Crippen molar-refractivity contribution in [2.24, 2.45) is 4.99 Å². The van der Waals surface area contributed by atoms with Crippen molar-refractivity contribution in [1.82, 2.24) is 15.6 Å². The highest BCUT2D eigenvalue weighted by Crippen LogP contribution is 2.23. The van der Waals surface area contributed by atoms with Gasteiger partial charge in [-0.3, -0.25) is 4.99 Å². The Balaban J connectivity index is 0.00000261. The predicted octanol–water partition coefficient (Wildman–Crippen LogP) is 4.66. The first-order chi connectivity index (χ1) is 12.6. The van der Waals surface area contributed by atoms with Crippen LogP contribution in [0.5, 0.6) is 0 Å². The summed E-state index contributed by atoms with van der Waals surface area (Å²) in [5, 5.41) is 8.70. The molecule has 0 aliphatic rings. The first-order valence-corrected chi connectivity index (χ1v) is 9.45. The van der Waals surface area contributed by atoms with Crippen LogP contribution >= 0.6 is 35.3 Å². The van der Waals surface area contributed by atoms with Crippen LogP contribution in [0.4, 0.5) is 0 Å². The van der Waals surface area contributed by atoms with E-state index in [1.165, 1.54) is 5.56 Å². The van der Waals surface area contributed by atoms with Crippen LogP contribution in [-0.2, 0) is 12.0 Å². The van der Waals surface area contributed by atoms with Crippen LogP contribution in [0.1, 0.15) is 25.1 Å². The van der Waals surface area contributed by atoms with Crippen molar-refractivity contribution in [2.75, 3.05) is 13.6 Å². The first-order valence-electron chi connectivity index (χ1n) is 8.57. The Morgan fingerprint density at radius 3 is 2.59 bits per heavy atom. The van der Waals surface area contributed by atoms with Gasteiger partial charge in [0.05, 0.1) is 17.1 Å². The maximum Gasteiger partial charge on any atom is 0.236 e. The number of oxazole rings is 1. The van der Waals surface area contributed by atoms with Crippen molar-refractivity contribution in [3.63, 3.8) is 0 Å². The van der Waals surface area contributed by atoms with E-state index in [9.17, 15) is 0 Å². The van der Waals surface area contributed by atoms with E-state index in [1.807, 2.05) is 23.6 Å². The van der Waals surface area contributed by atoms with Crippen molar-refractivity contribution in [3.05, 3.63) is 65.4 Å². The minimum absolute atomic E-state index is 0. The number of nitrogens with zero attached hydrogens (tertiary/aromatic N) is 2. The Kier molecular flexibility index (Phi) is 7.85. The topological polar surface area (TPSA) is 62.5 Å². The number of aliphatic imine (C=N–C) groups is 1. The molecule has 3 aromatic rings. The molecule has 0 radical (unpaired) electrons. The van der Waals surface area contributed by atoms with Crippen LogP contribution < -0.4 is 10.6 Å². The monoisotopic (exact) mass is 496 g/mol. The van der Waals surface area contributed by atoms with Crippen LogP contribution in [-0.4, -0.2) is 24.5 Å². The Labute approximate surface area is 181 Å². The fourth-order valence-electron chi connectivity index (χ4n) is 2.59. The number of benzene rings is 1. The third-order valence-corrected chi connectivity index (χ3v) is 5.06. The van der Waals surface area contributed by atoms with E-state index >= 15 is 0 Å². The molecule has 2 aromatic heterocycles. The molecule has 0 aliphatic carbocycles. The smallest absolute Gasteiger partial charge is 0.236 e. The molecule has 1 aromatic carbocycles. The molecule has 0 saturated carbocycles. The molecule has 0 unspecified atom stereocenters. The molecular weight excluding hydrogens is 471 g/mol. The maximum absolute atomic E-state index is 5.55. The largest absolute Gasteiger partial charge is 0.443 e. The number of aromatic nitrogens is 1. The Morgan fingerprint density at radius 1 is 1.15 bits per heavy atom. The van der Waals surface area contributed by atoms with Crippen molar-refractivity contribution in [2.45, 2.75) is 25.8 Å². The highest BCUT2D eigenvalue weighted by Gasteiger charge is 2.20. The standard InChI is InChI=1S/C20H24N4OS.HI/c1-20(2,15-8-5-4-6-9-15)14-23-19(21-3)22-12-16-13-25-18(24-16)17-10-7-11-26-17;/h4-11,13H,12,14H2,1-3H3,(H2,21,22,23);1H. The Hall–Kier alpha value is -1.87. The summed E-state index contributed by atoms with van der Waals surface area (Å²) in [6, 6.07) is 14.5. The van der Waals surface area contributed by atoms with Crippen molar-refractivity contribution in [1.29, 1.82) is 0 Å². The zero-order valence-electron chi connectivity index (χ0n) is 15.7. The highest BCUT2D eigenvalue weighted by molar-refractivity contribution is 14.0. The summed E-state index contributed by atoms with van der Waals surface area (Å²) in [6.45, 7) is 5.76. The molecule has 2 heterocycles. The van der Waals surface area contributed by atoms with Crippen LogP contribution in [0.3, 0.4) is 0 Å². The number of hydrogen-bond acceptors (Lipinski definition) is 4. The molecular formula is C20H25IN4OS. The lowest BCUT2D eigenvalue weighted by Gasteiger charge is -2.26. The summed E-state index contributed by atoms with van der Waals surface area (Å²) in [4.78, 5) is 9.84. The highest BCUT2D eigenvalue weighted by atomic mass is 127. The van der Waals surface area contributed by atoms with Crippen molar-refractivity contribution in [3.8, 4) is 10.8 Å². The van der Waals surface area contributed by atoms with Gasteiger partial charge in [0.1, 0.15) is 6.26 Å². The van der Waals surface area contributed by atoms with Crippen LogP contribution in [0, 0.1) is 0 Å². The number of thiophene rings is 1. The average molecular weight is 496 g/mol. The van der Waals surface area contributed by atoms with Gasteiger partial charge in [-0.15, -0.1) is 35.3 Å². The predicted molar refractivity (Wildman–Crippen MR) is 123 cm³/mol. The third-order valence-electron chi connectivity index (χ3n) is 4.20. The number of rotatable bonds is 6. The van der Waals surface area contributed by atoms with Crippen LogP contribution in [0.15, 0.2) is 63.5 Å². The van der Waals surface area contributed by atoms with Crippen molar-refractivity contribution < 1.29 is 4.42 Å². The molecule has 5 nitrogen and oxygen atoms in total.